The van der Waals surface area contributed by atoms with Crippen molar-refractivity contribution in [3.8, 4) is 84.2 Å². The summed E-state index contributed by atoms with van der Waals surface area (Å²) in [5.41, 5.74) is 22.5. The summed E-state index contributed by atoms with van der Waals surface area (Å²) in [6, 6.07) is 56.6. The molecule has 0 saturated heterocycles. The fourth-order valence-electron chi connectivity index (χ4n) is 10.5. The fourth-order valence-corrected chi connectivity index (χ4v) is 10.5. The second-order valence-electron chi connectivity index (χ2n) is 25.2. The maximum absolute atomic E-state index is 12.6. The number of pyridine rings is 2. The summed E-state index contributed by atoms with van der Waals surface area (Å²) in [7, 11) is 2.19. The summed E-state index contributed by atoms with van der Waals surface area (Å²) in [4.78, 5) is 5.65. The Bertz CT molecular complexity index is 3280. The SMILES string of the molecule is CC(C)c1cc(-c2ccccc2)cc(C(C)C)c1-c1cc(-c2[c-]c(-c3[c-]ccc(-c4c(C(C)C)cc(-c5ccccc5)cc4C(C)C)[n+]3C)cc(C(C)(C)C)c2)nc(-c2cc(C(C)(C)C)cc(C(C)(C)C)c2O)c1.[Pt+2]. The maximum Gasteiger partial charge on any atom is 2.00 e. The molecule has 75 heavy (non-hydrogen) atoms. The number of aromatic hydroxyl groups is 1. The van der Waals surface area contributed by atoms with Gasteiger partial charge in [-0.2, -0.15) is 23.8 Å². The zero-order valence-corrected chi connectivity index (χ0v) is 50.4. The van der Waals surface area contributed by atoms with E-state index >= 15 is 0 Å². The van der Waals surface area contributed by atoms with Crippen LogP contribution in [0.1, 0.15) is 180 Å². The van der Waals surface area contributed by atoms with Gasteiger partial charge in [0, 0.05) is 28.1 Å². The van der Waals surface area contributed by atoms with E-state index in [1.54, 1.807) is 0 Å². The van der Waals surface area contributed by atoms with Crippen LogP contribution >= 0.6 is 0 Å². The normalized spacial score (nSPS) is 12.3. The Morgan fingerprint density at radius 1 is 0.467 bits per heavy atom. The van der Waals surface area contributed by atoms with Gasteiger partial charge in [0.15, 0.2) is 5.69 Å². The molecule has 0 atom stereocenters. The summed E-state index contributed by atoms with van der Waals surface area (Å²) in [5.74, 6) is 1.31. The summed E-state index contributed by atoms with van der Waals surface area (Å²) in [5, 5.41) is 12.6. The Morgan fingerprint density at radius 2 is 0.907 bits per heavy atom. The van der Waals surface area contributed by atoms with E-state index in [9.17, 15) is 5.11 Å². The molecule has 6 aromatic carbocycles. The van der Waals surface area contributed by atoms with Gasteiger partial charge in [-0.15, -0.1) is 23.3 Å². The molecule has 0 aliphatic heterocycles. The number of aromatic nitrogens is 2. The molecule has 8 aromatic rings. The third-order valence-electron chi connectivity index (χ3n) is 15.0. The number of nitrogens with zero attached hydrogens (tertiary/aromatic N) is 2. The van der Waals surface area contributed by atoms with Crippen molar-refractivity contribution in [1.29, 1.82) is 0 Å². The molecule has 8 rings (SSSR count). The molecule has 2 aromatic heterocycles. The molecule has 0 saturated carbocycles. The summed E-state index contributed by atoms with van der Waals surface area (Å²) >= 11 is 0. The van der Waals surface area contributed by atoms with Crippen molar-refractivity contribution in [2.45, 2.75) is 158 Å². The minimum absolute atomic E-state index is 0. The number of phenolic OH excluding ortho intramolecular Hbond substituents is 1. The first-order chi connectivity index (χ1) is 34.7. The van der Waals surface area contributed by atoms with Crippen LogP contribution in [-0.2, 0) is 44.4 Å². The van der Waals surface area contributed by atoms with Gasteiger partial charge in [-0.3, -0.25) is 9.55 Å². The third kappa shape index (κ3) is 11.9. The van der Waals surface area contributed by atoms with Crippen LogP contribution < -0.4 is 4.57 Å². The van der Waals surface area contributed by atoms with Crippen LogP contribution in [0.4, 0.5) is 0 Å². The van der Waals surface area contributed by atoms with Crippen molar-refractivity contribution in [2.75, 3.05) is 0 Å². The van der Waals surface area contributed by atoms with Crippen molar-refractivity contribution in [3.05, 3.63) is 185 Å². The molecule has 2 heterocycles. The van der Waals surface area contributed by atoms with Gasteiger partial charge in [0.05, 0.1) is 5.69 Å². The van der Waals surface area contributed by atoms with Gasteiger partial charge in [-0.05, 0) is 113 Å². The molecule has 4 heteroatoms. The van der Waals surface area contributed by atoms with Gasteiger partial charge in [0.2, 0.25) is 0 Å². The van der Waals surface area contributed by atoms with Crippen LogP contribution in [0.15, 0.2) is 133 Å². The molecule has 0 spiro atoms. The fraction of sp³-hybridized carbons (Fsp3) is 0.352. The molecule has 0 radical (unpaired) electrons. The zero-order chi connectivity index (χ0) is 53.8. The second kappa shape index (κ2) is 22.0. The molecule has 0 bridgehead atoms. The molecular formula is C71H81N2OPt+. The average Bonchev–Trinajstić information content (AvgIpc) is 3.34. The van der Waals surface area contributed by atoms with Gasteiger partial charge in [-0.25, -0.2) is 0 Å². The third-order valence-corrected chi connectivity index (χ3v) is 15.0. The average molecular weight is 1170 g/mol. The summed E-state index contributed by atoms with van der Waals surface area (Å²) in [6.07, 6.45) is 0. The van der Waals surface area contributed by atoms with Gasteiger partial charge in [0.1, 0.15) is 12.8 Å². The quantitative estimate of drug-likeness (QED) is 0.104. The van der Waals surface area contributed by atoms with Crippen LogP contribution in [0.2, 0.25) is 0 Å². The van der Waals surface area contributed by atoms with Crippen molar-refractivity contribution in [1.82, 2.24) is 4.98 Å². The Morgan fingerprint density at radius 3 is 1.36 bits per heavy atom. The van der Waals surface area contributed by atoms with Crippen molar-refractivity contribution >= 4 is 0 Å². The van der Waals surface area contributed by atoms with Crippen molar-refractivity contribution < 1.29 is 30.7 Å². The Labute approximate surface area is 466 Å². The van der Waals surface area contributed by atoms with E-state index in [2.05, 4.69) is 275 Å². The maximum atomic E-state index is 12.6. The number of rotatable bonds is 11. The second-order valence-corrected chi connectivity index (χ2v) is 25.2. The van der Waals surface area contributed by atoms with Crippen LogP contribution in [0.25, 0.3) is 78.4 Å². The molecule has 0 amide bonds. The molecule has 3 nitrogen and oxygen atoms in total. The number of phenols is 1. The first kappa shape index (κ1) is 56.8. The van der Waals surface area contributed by atoms with E-state index in [1.165, 1.54) is 61.2 Å². The van der Waals surface area contributed by atoms with E-state index in [4.69, 9.17) is 4.98 Å². The number of hydrogen-bond donors (Lipinski definition) is 1. The van der Waals surface area contributed by atoms with E-state index in [1.807, 2.05) is 0 Å². The Hall–Kier alpha value is -5.89. The van der Waals surface area contributed by atoms with Crippen LogP contribution in [0.3, 0.4) is 0 Å². The molecule has 0 aliphatic rings. The number of hydrogen-bond acceptors (Lipinski definition) is 2. The predicted octanol–water partition coefficient (Wildman–Crippen LogP) is 19.3. The minimum Gasteiger partial charge on any atom is -0.507 e. The largest absolute Gasteiger partial charge is 2.00 e. The molecule has 390 valence electrons. The van der Waals surface area contributed by atoms with Crippen LogP contribution in [0, 0.1) is 12.1 Å². The first-order valence-electron chi connectivity index (χ1n) is 27.1. The predicted molar refractivity (Wildman–Crippen MR) is 315 cm³/mol. The van der Waals surface area contributed by atoms with Gasteiger partial charge >= 0.3 is 21.1 Å². The standard InChI is InChI=1S/C71H81N2O.Pt/c1-43(2)56-35-49(47-26-21-19-22-27-47)36-57(44(3)4)66(56)53-39-62(72-63(40-53)60-41-55(70(12,13)14)42-61(68(60)74)71(15,16)17)51-32-52(34-54(33-51)69(9,10)11)64-30-25-31-65(73(64)18)67-58(45(5)6)37-50(38-59(67)46(7)8)48-28-23-20-24-29-48;/h19-29,31,33-46,74H,1-18H3;/q-1;+2. The van der Waals surface area contributed by atoms with Gasteiger partial charge in [0.25, 0.3) is 0 Å². The topological polar surface area (TPSA) is 37.0 Å². The molecule has 0 aliphatic carbocycles. The van der Waals surface area contributed by atoms with Crippen molar-refractivity contribution in [2.24, 2.45) is 7.05 Å². The van der Waals surface area contributed by atoms with Gasteiger partial charge in [-0.1, -0.05) is 221 Å². The van der Waals surface area contributed by atoms with Crippen LogP contribution in [-0.4, -0.2) is 10.1 Å². The first-order valence-corrected chi connectivity index (χ1v) is 27.1. The van der Waals surface area contributed by atoms with Crippen molar-refractivity contribution in [3.63, 3.8) is 0 Å². The zero-order valence-electron chi connectivity index (χ0n) is 48.2. The van der Waals surface area contributed by atoms with E-state index < -0.39 is 0 Å². The van der Waals surface area contributed by atoms with E-state index in [-0.39, 0.29) is 54.9 Å². The van der Waals surface area contributed by atoms with E-state index in [0.717, 1.165) is 56.2 Å². The number of benzene rings is 6. The van der Waals surface area contributed by atoms with E-state index in [0.29, 0.717) is 11.8 Å². The Kier molecular flexibility index (Phi) is 16.7. The minimum atomic E-state index is -0.316. The summed E-state index contributed by atoms with van der Waals surface area (Å²) < 4.78 is 2.33. The molecule has 1 N–H and O–H groups in total. The molecule has 0 fully saturated rings. The van der Waals surface area contributed by atoms with Crippen LogP contribution in [0.5, 0.6) is 5.75 Å². The Balaban J connectivity index is 0.00000820. The monoisotopic (exact) mass is 1170 g/mol. The summed E-state index contributed by atoms with van der Waals surface area (Å²) in [6.45, 7) is 38.6. The molecular weight excluding hydrogens is 1090 g/mol. The van der Waals surface area contributed by atoms with Gasteiger partial charge < -0.3 is 5.11 Å². The molecule has 0 unspecified atom stereocenters. The smallest absolute Gasteiger partial charge is 0.507 e.